The maximum Gasteiger partial charge on any atom is 0.303 e. The van der Waals surface area contributed by atoms with Crippen LogP contribution in [0.2, 0.25) is 0 Å². The van der Waals surface area contributed by atoms with Crippen LogP contribution in [0.4, 0.5) is 0 Å². The van der Waals surface area contributed by atoms with Gasteiger partial charge < -0.3 is 26.0 Å². The molecule has 0 spiro atoms. The molecule has 0 radical (unpaired) electrons. The number of nitrogens with zero attached hydrogens (tertiary/aromatic N) is 1. The number of rotatable bonds is 10. The predicted molar refractivity (Wildman–Crippen MR) is 148 cm³/mol. The molecule has 5 N–H and O–H groups in total. The van der Waals surface area contributed by atoms with Crippen molar-refractivity contribution in [2.24, 2.45) is 4.99 Å². The van der Waals surface area contributed by atoms with Gasteiger partial charge in [-0.3, -0.25) is 19.4 Å². The molecule has 0 fully saturated rings. The first-order chi connectivity index (χ1) is 18.3. The summed E-state index contributed by atoms with van der Waals surface area (Å²) in [4.78, 5) is 41.5. The zero-order valence-electron chi connectivity index (χ0n) is 22.5. The Kier molecular flexibility index (Phi) is 9.49. The topological polar surface area (TPSA) is 148 Å². The fraction of sp³-hybridized carbons (Fsp3) is 0.400. The summed E-state index contributed by atoms with van der Waals surface area (Å²) in [7, 11) is 0. The number of carboxylic acid groups (broad SMARTS) is 1. The summed E-state index contributed by atoms with van der Waals surface area (Å²) in [6.45, 7) is 6.43. The van der Waals surface area contributed by atoms with Gasteiger partial charge in [0.25, 0.3) is 5.91 Å². The number of aliphatic imine (C=N–C) groups is 1. The Bertz CT molecular complexity index is 1320. The van der Waals surface area contributed by atoms with Crippen LogP contribution in [0.15, 0.2) is 41.4 Å². The largest absolute Gasteiger partial charge is 0.508 e. The smallest absolute Gasteiger partial charge is 0.303 e. The number of carboxylic acids is 1. The number of phenols is 1. The van der Waals surface area contributed by atoms with Gasteiger partial charge in [0, 0.05) is 36.4 Å². The van der Waals surface area contributed by atoms with Crippen molar-refractivity contribution in [2.75, 3.05) is 19.6 Å². The number of carbonyl (C=O) groups is 3. The zero-order chi connectivity index (χ0) is 28.7. The first-order valence-corrected chi connectivity index (χ1v) is 12.8. The van der Waals surface area contributed by atoms with E-state index >= 15 is 0 Å². The molecule has 2 aromatic carbocycles. The molecule has 0 aromatic heterocycles. The molecule has 1 heterocycles. The van der Waals surface area contributed by atoms with E-state index in [1.54, 1.807) is 12.1 Å². The zero-order valence-corrected chi connectivity index (χ0v) is 22.5. The van der Waals surface area contributed by atoms with E-state index in [0.717, 1.165) is 5.56 Å². The number of Topliss-reactive ketones (excluding diaryl/α,β-unsaturated/α-hetero) is 1. The van der Waals surface area contributed by atoms with Gasteiger partial charge in [-0.15, -0.1) is 6.42 Å². The Hall–Kier alpha value is -4.16. The van der Waals surface area contributed by atoms with E-state index in [-0.39, 0.29) is 48.4 Å². The van der Waals surface area contributed by atoms with E-state index in [4.69, 9.17) is 6.42 Å². The molecule has 0 aliphatic carbocycles. The number of benzene rings is 2. The second kappa shape index (κ2) is 12.6. The van der Waals surface area contributed by atoms with E-state index < -0.39 is 23.9 Å². The molecule has 0 saturated carbocycles. The number of aliphatic hydroxyl groups excluding tert-OH is 1. The van der Waals surface area contributed by atoms with Crippen molar-refractivity contribution < 1.29 is 29.7 Å². The first kappa shape index (κ1) is 29.4. The maximum absolute atomic E-state index is 12.9. The van der Waals surface area contributed by atoms with Crippen LogP contribution in [-0.4, -0.2) is 64.6 Å². The molecule has 0 saturated heterocycles. The molecule has 9 nitrogen and oxygen atoms in total. The van der Waals surface area contributed by atoms with E-state index in [1.807, 2.05) is 32.9 Å². The van der Waals surface area contributed by atoms with Crippen molar-refractivity contribution >= 4 is 23.5 Å². The lowest BCUT2D eigenvalue weighted by atomic mass is 9.81. The minimum Gasteiger partial charge on any atom is -0.508 e. The average Bonchev–Trinajstić information content (AvgIpc) is 2.86. The number of amides is 1. The van der Waals surface area contributed by atoms with Crippen LogP contribution in [0.25, 0.3) is 0 Å². The number of terminal acetylenes is 1. The number of nitrogens with one attached hydrogen (secondary N) is 2. The second-order valence-corrected chi connectivity index (χ2v) is 10.8. The van der Waals surface area contributed by atoms with Gasteiger partial charge in [0.15, 0.2) is 5.78 Å². The molecule has 206 valence electrons. The van der Waals surface area contributed by atoms with Gasteiger partial charge >= 0.3 is 5.97 Å². The molecule has 1 aliphatic rings. The molecular weight excluding hydrogens is 498 g/mol. The highest BCUT2D eigenvalue weighted by atomic mass is 16.4. The van der Waals surface area contributed by atoms with Crippen LogP contribution in [0.1, 0.15) is 72.1 Å². The number of hydrogen-bond donors (Lipinski definition) is 5. The number of ketones is 1. The normalized spacial score (nSPS) is 15.9. The van der Waals surface area contributed by atoms with Crippen molar-refractivity contribution in [3.05, 3.63) is 64.2 Å². The summed E-state index contributed by atoms with van der Waals surface area (Å²) < 4.78 is 0. The number of hydrogen-bond acceptors (Lipinski definition) is 7. The highest BCUT2D eigenvalue weighted by Crippen LogP contribution is 2.31. The number of β-amino-alcohol motifs (C(OH)–C–C–N with tert-alkyl or cyclic N) is 1. The molecule has 2 atom stereocenters. The third-order valence-corrected chi connectivity index (χ3v) is 6.45. The van der Waals surface area contributed by atoms with Crippen molar-refractivity contribution in [2.45, 2.75) is 57.5 Å². The molecule has 1 unspecified atom stereocenters. The maximum atomic E-state index is 12.9. The van der Waals surface area contributed by atoms with Gasteiger partial charge in [0.1, 0.15) is 11.6 Å². The Morgan fingerprint density at radius 1 is 1.15 bits per heavy atom. The summed E-state index contributed by atoms with van der Waals surface area (Å²) in [5, 5.41) is 34.8. The average molecular weight is 534 g/mol. The summed E-state index contributed by atoms with van der Waals surface area (Å²) in [5.74, 6) is 0.596. The SMILES string of the molecule is C#Cc1cc([C@H](CC(=O)O)CC(=O)CNC(=O)c2cc(O)cc(CC3=NCC(O)CN3)c2)cc(C(C)(C)C)c1. The van der Waals surface area contributed by atoms with Gasteiger partial charge in [0.05, 0.1) is 25.6 Å². The van der Waals surface area contributed by atoms with E-state index in [0.29, 0.717) is 35.5 Å². The number of aromatic hydroxyl groups is 1. The van der Waals surface area contributed by atoms with Crippen molar-refractivity contribution in [3.63, 3.8) is 0 Å². The number of aliphatic hydroxyl groups is 1. The minimum atomic E-state index is -1.04. The highest BCUT2D eigenvalue weighted by molar-refractivity contribution is 5.97. The van der Waals surface area contributed by atoms with Crippen molar-refractivity contribution in [1.29, 1.82) is 0 Å². The second-order valence-electron chi connectivity index (χ2n) is 10.8. The van der Waals surface area contributed by atoms with Crippen molar-refractivity contribution in [1.82, 2.24) is 10.6 Å². The standard InChI is InChI=1S/C30H35N3O6/c1-5-18-6-20(11-23(8-18)30(2,3)4)21(14-28(37)38)12-25(35)15-33-29(39)22-7-19(9-24(34)13-22)10-27-31-16-26(36)17-32-27/h1,6-9,11,13,21,26,34,36H,10,12,14-17H2,2-4H3,(H,31,32)(H,33,39)(H,37,38)/t21-/m0/s1. The van der Waals surface area contributed by atoms with Crippen LogP contribution in [-0.2, 0) is 21.4 Å². The fourth-order valence-corrected chi connectivity index (χ4v) is 4.34. The third kappa shape index (κ3) is 8.69. The lowest BCUT2D eigenvalue weighted by Crippen LogP contribution is -2.39. The number of amidine groups is 1. The van der Waals surface area contributed by atoms with Crippen LogP contribution >= 0.6 is 0 Å². The lowest BCUT2D eigenvalue weighted by Gasteiger charge is -2.23. The molecule has 1 amide bonds. The van der Waals surface area contributed by atoms with Crippen LogP contribution in [0.3, 0.4) is 0 Å². The molecule has 0 bridgehead atoms. The lowest BCUT2D eigenvalue weighted by molar-refractivity contribution is -0.137. The van der Waals surface area contributed by atoms with Gasteiger partial charge in [0.2, 0.25) is 0 Å². The first-order valence-electron chi connectivity index (χ1n) is 12.8. The molecule has 1 aliphatic heterocycles. The number of carbonyl (C=O) groups excluding carboxylic acids is 2. The van der Waals surface area contributed by atoms with Gasteiger partial charge in [-0.1, -0.05) is 32.8 Å². The Morgan fingerprint density at radius 2 is 1.90 bits per heavy atom. The number of phenolic OH excluding ortho intramolecular Hbond substituents is 1. The summed E-state index contributed by atoms with van der Waals surface area (Å²) in [5.41, 5.74) is 2.80. The third-order valence-electron chi connectivity index (χ3n) is 6.45. The van der Waals surface area contributed by atoms with E-state index in [9.17, 15) is 29.7 Å². The van der Waals surface area contributed by atoms with E-state index in [2.05, 4.69) is 21.5 Å². The Morgan fingerprint density at radius 3 is 2.51 bits per heavy atom. The van der Waals surface area contributed by atoms with E-state index in [1.165, 1.54) is 12.1 Å². The van der Waals surface area contributed by atoms with Crippen molar-refractivity contribution in [3.8, 4) is 18.1 Å². The quantitative estimate of drug-likeness (QED) is 0.295. The summed E-state index contributed by atoms with van der Waals surface area (Å²) in [6, 6.07) is 9.92. The monoisotopic (exact) mass is 533 g/mol. The van der Waals surface area contributed by atoms with Gasteiger partial charge in [-0.05, 0) is 52.4 Å². The number of aliphatic carboxylic acids is 1. The van der Waals surface area contributed by atoms with Gasteiger partial charge in [-0.25, -0.2) is 0 Å². The fourth-order valence-electron chi connectivity index (χ4n) is 4.34. The Balaban J connectivity index is 1.70. The molecule has 3 rings (SSSR count). The molecule has 2 aromatic rings. The highest BCUT2D eigenvalue weighted by Gasteiger charge is 2.23. The summed E-state index contributed by atoms with van der Waals surface area (Å²) in [6.07, 6.45) is 5.07. The Labute approximate surface area is 228 Å². The van der Waals surface area contributed by atoms with Gasteiger partial charge in [-0.2, -0.15) is 0 Å². The predicted octanol–water partition coefficient (Wildman–Crippen LogP) is 2.52. The van der Waals surface area contributed by atoms with Crippen LogP contribution in [0, 0.1) is 12.3 Å². The van der Waals surface area contributed by atoms with Crippen LogP contribution in [0.5, 0.6) is 5.75 Å². The molecule has 39 heavy (non-hydrogen) atoms. The summed E-state index contributed by atoms with van der Waals surface area (Å²) >= 11 is 0. The molecular formula is C30H35N3O6. The molecule has 9 heteroatoms. The minimum absolute atomic E-state index is 0.0905. The van der Waals surface area contributed by atoms with Crippen LogP contribution < -0.4 is 10.6 Å².